The second-order valence-electron chi connectivity index (χ2n) is 22.0. The molecule has 0 radical (unpaired) electrons. The van der Waals surface area contributed by atoms with Crippen LogP contribution in [0.25, 0.3) is 64.6 Å². The normalized spacial score (nSPS) is 14.8. The molecule has 12 heteroatoms. The predicted octanol–water partition coefficient (Wildman–Crippen LogP) is 15.0. The summed E-state index contributed by atoms with van der Waals surface area (Å²) in [5, 5.41) is 7.01. The highest BCUT2D eigenvalue weighted by Crippen LogP contribution is 2.49. The molecule has 0 unspecified atom stereocenters. The molecule has 4 aliphatic rings. The number of nitrogens with zero attached hydrogens (tertiary/aromatic N) is 4. The molecule has 8 aromatic rings. The van der Waals surface area contributed by atoms with E-state index in [1.165, 1.54) is 19.6 Å². The topological polar surface area (TPSA) is 150 Å². The molecule has 0 aliphatic carbocycles. The molecule has 0 fully saturated rings. The van der Waals surface area contributed by atoms with Crippen molar-refractivity contribution in [3.8, 4) is 0 Å². The maximum atomic E-state index is 14.1. The van der Waals surface area contributed by atoms with Gasteiger partial charge in [-0.15, -0.1) is 0 Å². The van der Waals surface area contributed by atoms with Crippen molar-refractivity contribution in [1.29, 1.82) is 0 Å². The first-order valence-electron chi connectivity index (χ1n) is 29.3. The number of unbranched alkanes of at least 4 members (excludes halogenated alkanes) is 12. The van der Waals surface area contributed by atoms with Crippen molar-refractivity contribution in [2.75, 3.05) is 26.2 Å². The minimum absolute atomic E-state index is 0.341. The van der Waals surface area contributed by atoms with Gasteiger partial charge in [-0.05, 0) is 68.8 Å². The summed E-state index contributed by atoms with van der Waals surface area (Å²) in [5.74, 6) is -2.78. The van der Waals surface area contributed by atoms with E-state index >= 15 is 0 Å². The standard InChI is InChI=1S/2C34H34N2O4/c2*1-3-5-7-13-19-35-31(37)25-21-15-9-11-17-23(21)27-30-28(34(40)36(33(27)39)20-14-8-6-4-2)24-18-12-10-16-22(24)26(29(25)30)32(35)38/h2*9-12,15-18H,3-8,13-14,19-20H2,1-2H3. The number of hydrogen-bond donors (Lipinski definition) is 0. The van der Waals surface area contributed by atoms with Crippen LogP contribution in [0.2, 0.25) is 0 Å². The van der Waals surface area contributed by atoms with Crippen LogP contribution in [-0.2, 0) is 0 Å². The van der Waals surface area contributed by atoms with Gasteiger partial charge < -0.3 is 0 Å². The van der Waals surface area contributed by atoms with Crippen molar-refractivity contribution in [1.82, 2.24) is 19.6 Å². The second-order valence-corrected chi connectivity index (χ2v) is 22.0. The maximum Gasteiger partial charge on any atom is 0.262 e. The lowest BCUT2D eigenvalue weighted by molar-refractivity contribution is 0.0590. The summed E-state index contributed by atoms with van der Waals surface area (Å²) in [6.45, 7) is 9.87. The summed E-state index contributed by atoms with van der Waals surface area (Å²) in [5.41, 5.74) is 3.36. The molecule has 4 heterocycles. The fourth-order valence-electron chi connectivity index (χ4n) is 13.1. The Kier molecular flexibility index (Phi) is 15.2. The molecule has 0 bridgehead atoms. The van der Waals surface area contributed by atoms with Crippen LogP contribution in [0.4, 0.5) is 0 Å². The van der Waals surface area contributed by atoms with E-state index < -0.39 is 0 Å². The van der Waals surface area contributed by atoms with Crippen LogP contribution in [-0.4, -0.2) is 93.0 Å². The Balaban J connectivity index is 0.000000169. The highest BCUT2D eigenvalue weighted by Gasteiger charge is 2.45. The molecular weight excluding hydrogens is 1000 g/mol. The van der Waals surface area contributed by atoms with Gasteiger partial charge in [0.1, 0.15) is 0 Å². The zero-order valence-corrected chi connectivity index (χ0v) is 46.4. The Hall–Kier alpha value is -8.12. The number of benzene rings is 8. The van der Waals surface area contributed by atoms with Gasteiger partial charge in [0.25, 0.3) is 47.3 Å². The monoisotopic (exact) mass is 1070 g/mol. The van der Waals surface area contributed by atoms with Crippen LogP contribution in [0.5, 0.6) is 0 Å². The van der Waals surface area contributed by atoms with Crippen LogP contribution >= 0.6 is 0 Å². The van der Waals surface area contributed by atoms with Gasteiger partial charge >= 0.3 is 0 Å². The van der Waals surface area contributed by atoms with Crippen molar-refractivity contribution in [2.45, 2.75) is 130 Å². The van der Waals surface area contributed by atoms with E-state index in [9.17, 15) is 38.4 Å². The summed E-state index contributed by atoms with van der Waals surface area (Å²) < 4.78 is 0. The third-order valence-electron chi connectivity index (χ3n) is 17.0. The minimum Gasteiger partial charge on any atom is -0.274 e. The number of amides is 8. The number of carbonyl (C=O) groups excluding carboxylic acids is 8. The molecule has 0 saturated carbocycles. The van der Waals surface area contributed by atoms with Crippen LogP contribution in [0.1, 0.15) is 213 Å². The van der Waals surface area contributed by atoms with E-state index in [-0.39, 0.29) is 47.3 Å². The molecule has 0 N–H and O–H groups in total. The SMILES string of the molecule is CCCCCCN1C(=O)c2c3ccccc3c3c4c(c5ccccc5c(c24)C1=O)C(=O)N(CCCCCC)C3=O.CCCCCCN1C(=O)c2c3ccccc3c3c4c(c5ccccc5c(c24)C1=O)C(=O)N(CCCCCC)C3=O. The van der Waals surface area contributed by atoms with E-state index in [0.717, 1.165) is 103 Å². The van der Waals surface area contributed by atoms with Gasteiger partial charge in [-0.25, -0.2) is 0 Å². The number of hydrogen-bond acceptors (Lipinski definition) is 8. The van der Waals surface area contributed by atoms with Crippen molar-refractivity contribution in [3.05, 3.63) is 142 Å². The summed E-state index contributed by atoms with van der Waals surface area (Å²) in [7, 11) is 0. The maximum absolute atomic E-state index is 14.1. The molecule has 0 atom stereocenters. The van der Waals surface area contributed by atoms with E-state index in [1.807, 2.05) is 97.1 Å². The lowest BCUT2D eigenvalue weighted by atomic mass is 9.79. The number of fused-ring (bicyclic) bond motifs is 12. The molecular formula is C68H68N4O8. The van der Waals surface area contributed by atoms with Crippen LogP contribution in [0.3, 0.4) is 0 Å². The van der Waals surface area contributed by atoms with Crippen LogP contribution in [0, 0.1) is 0 Å². The smallest absolute Gasteiger partial charge is 0.262 e. The lowest BCUT2D eigenvalue weighted by Crippen LogP contribution is -2.44. The van der Waals surface area contributed by atoms with Gasteiger partial charge in [-0.3, -0.25) is 58.0 Å². The summed E-state index contributed by atoms with van der Waals surface area (Å²) in [6, 6.07) is 29.7. The van der Waals surface area contributed by atoms with Gasteiger partial charge in [-0.2, -0.15) is 0 Å². The Morgan fingerprint density at radius 2 is 0.375 bits per heavy atom. The van der Waals surface area contributed by atoms with E-state index in [4.69, 9.17) is 0 Å². The highest BCUT2D eigenvalue weighted by atomic mass is 16.2. The van der Waals surface area contributed by atoms with Gasteiger partial charge in [0.15, 0.2) is 0 Å². The first-order chi connectivity index (χ1) is 39.0. The first-order valence-corrected chi connectivity index (χ1v) is 29.3. The molecule has 0 saturated heterocycles. The van der Waals surface area contributed by atoms with Gasteiger partial charge in [0, 0.05) is 47.7 Å². The fourth-order valence-corrected chi connectivity index (χ4v) is 13.1. The molecule has 0 aromatic heterocycles. The minimum atomic E-state index is -0.347. The third kappa shape index (κ3) is 8.64. The second kappa shape index (κ2) is 22.6. The average molecular weight is 1070 g/mol. The molecule has 4 aliphatic heterocycles. The van der Waals surface area contributed by atoms with Crippen molar-refractivity contribution >= 4 is 112 Å². The number of rotatable bonds is 20. The summed E-state index contributed by atoms with van der Waals surface area (Å²) in [6.07, 6.45) is 15.1. The van der Waals surface area contributed by atoms with Gasteiger partial charge in [0.05, 0.1) is 44.5 Å². The van der Waals surface area contributed by atoms with Crippen molar-refractivity contribution < 1.29 is 38.4 Å². The molecule has 80 heavy (non-hydrogen) atoms. The molecule has 408 valence electrons. The third-order valence-corrected chi connectivity index (χ3v) is 17.0. The van der Waals surface area contributed by atoms with Crippen LogP contribution < -0.4 is 0 Å². The zero-order chi connectivity index (χ0) is 55.9. The number of carbonyl (C=O) groups is 8. The Labute approximate surface area is 466 Å². The van der Waals surface area contributed by atoms with Gasteiger partial charge in [0.2, 0.25) is 0 Å². The largest absolute Gasteiger partial charge is 0.274 e. The Morgan fingerprint density at radius 3 is 0.512 bits per heavy atom. The Morgan fingerprint density at radius 1 is 0.225 bits per heavy atom. The van der Waals surface area contributed by atoms with Crippen molar-refractivity contribution in [2.24, 2.45) is 0 Å². The summed E-state index contributed by atoms with van der Waals surface area (Å²) >= 11 is 0. The van der Waals surface area contributed by atoms with E-state index in [0.29, 0.717) is 135 Å². The van der Waals surface area contributed by atoms with Gasteiger partial charge in [-0.1, -0.05) is 202 Å². The molecule has 12 rings (SSSR count). The first kappa shape index (κ1) is 53.9. The molecule has 8 amide bonds. The van der Waals surface area contributed by atoms with Crippen molar-refractivity contribution in [3.63, 3.8) is 0 Å². The quantitative estimate of drug-likeness (QED) is 0.0416. The molecule has 8 aromatic carbocycles. The fraction of sp³-hybridized carbons (Fsp3) is 0.353. The molecule has 0 spiro atoms. The zero-order valence-electron chi connectivity index (χ0n) is 46.4. The summed E-state index contributed by atoms with van der Waals surface area (Å²) in [4.78, 5) is 118. The van der Waals surface area contributed by atoms with E-state index in [1.54, 1.807) is 0 Å². The lowest BCUT2D eigenvalue weighted by Gasteiger charge is -2.34. The van der Waals surface area contributed by atoms with E-state index in [2.05, 4.69) is 27.7 Å². The van der Waals surface area contributed by atoms with Crippen LogP contribution in [0.15, 0.2) is 97.1 Å². The molecule has 12 nitrogen and oxygen atoms in total. The predicted molar refractivity (Wildman–Crippen MR) is 316 cm³/mol. The highest BCUT2D eigenvalue weighted by molar-refractivity contribution is 6.45. The average Bonchev–Trinajstić information content (AvgIpc) is 3.51. The Bertz CT molecular complexity index is 3220. The number of imide groups is 4.